The van der Waals surface area contributed by atoms with Crippen LogP contribution in [0.2, 0.25) is 0 Å². The lowest BCUT2D eigenvalue weighted by molar-refractivity contribution is 0.0682. The van der Waals surface area contributed by atoms with Gasteiger partial charge < -0.3 is 19.3 Å². The predicted molar refractivity (Wildman–Crippen MR) is 237 cm³/mol. The van der Waals surface area contributed by atoms with Gasteiger partial charge in [0.05, 0.1) is 11.3 Å². The zero-order valence-corrected chi connectivity index (χ0v) is 36.9. The Labute approximate surface area is 351 Å². The van der Waals surface area contributed by atoms with Crippen molar-refractivity contribution in [3.63, 3.8) is 0 Å². The first kappa shape index (κ1) is 42.0. The van der Waals surface area contributed by atoms with E-state index in [1.807, 2.05) is 49.8 Å². The maximum Gasteiger partial charge on any atom is 0.316 e. The van der Waals surface area contributed by atoms with E-state index in [9.17, 15) is 13.8 Å². The largest absolute Gasteiger partial charge is 0.384 e. The molecule has 2 aliphatic carbocycles. The van der Waals surface area contributed by atoms with Gasteiger partial charge in [0.2, 0.25) is 0 Å². The van der Waals surface area contributed by atoms with E-state index in [2.05, 4.69) is 72.9 Å². The van der Waals surface area contributed by atoms with E-state index >= 15 is 0 Å². The number of aromatic nitrogens is 4. The number of anilines is 3. The van der Waals surface area contributed by atoms with E-state index in [4.69, 9.17) is 4.18 Å². The minimum Gasteiger partial charge on any atom is -0.384 e. The number of aromatic amines is 1. The van der Waals surface area contributed by atoms with Crippen molar-refractivity contribution in [1.29, 1.82) is 0 Å². The first-order chi connectivity index (χ1) is 28.1. The van der Waals surface area contributed by atoms with Gasteiger partial charge in [0.25, 0.3) is 11.8 Å². The number of fused-ring (bicyclic) bond motifs is 1. The quantitative estimate of drug-likeness (QED) is 0.121. The third kappa shape index (κ3) is 8.90. The standard InChI is InChI=1S/C46H60N8O4S/c1-28-20-22-33(26-37(28)47-42-30(3)24-29(2)41(31(42)4)43-49-48-40-27-39(46(5,6)7)50-54(40)43)51-59(57)58-38-25-32(44(55)52(8)34-16-12-10-13-17-34)21-23-36(38)45(56)53(9)35-18-14-11-15-19-35/h20-27,34-35,47,50-51H,10-19H2,1-9H3. The lowest BCUT2D eigenvalue weighted by atomic mass is 9.93. The molecule has 1 atom stereocenters. The molecule has 0 spiro atoms. The zero-order chi connectivity index (χ0) is 42.2. The number of benzene rings is 3. The highest BCUT2D eigenvalue weighted by molar-refractivity contribution is 7.82. The van der Waals surface area contributed by atoms with Gasteiger partial charge >= 0.3 is 11.3 Å². The summed E-state index contributed by atoms with van der Waals surface area (Å²) in [7, 11) is 3.67. The fourth-order valence-electron chi connectivity index (χ4n) is 8.77. The van der Waals surface area contributed by atoms with Crippen LogP contribution in [-0.2, 0) is 16.7 Å². The van der Waals surface area contributed by atoms with Crippen LogP contribution >= 0.6 is 0 Å². The molecule has 2 aromatic heterocycles. The molecule has 0 saturated heterocycles. The van der Waals surface area contributed by atoms with Gasteiger partial charge in [-0.2, -0.15) is 4.21 Å². The second-order valence-corrected chi connectivity index (χ2v) is 18.6. The molecule has 2 heterocycles. The van der Waals surface area contributed by atoms with Gasteiger partial charge in [-0.15, -0.1) is 10.2 Å². The van der Waals surface area contributed by atoms with Crippen molar-refractivity contribution in [3.8, 4) is 17.1 Å². The molecule has 5 aromatic rings. The Hall–Kier alpha value is -5.17. The van der Waals surface area contributed by atoms with Gasteiger partial charge in [0.1, 0.15) is 0 Å². The Morgan fingerprint density at radius 2 is 1.44 bits per heavy atom. The van der Waals surface area contributed by atoms with Gasteiger partial charge in [-0.1, -0.05) is 71.4 Å². The van der Waals surface area contributed by atoms with Crippen molar-refractivity contribution in [2.75, 3.05) is 24.1 Å². The number of nitrogens with zero attached hydrogens (tertiary/aromatic N) is 5. The summed E-state index contributed by atoms with van der Waals surface area (Å²) < 4.78 is 24.9. The maximum atomic E-state index is 14.0. The SMILES string of the molecule is Cc1ccc(NS(=O)Oc2cc(C(=O)N(C)C3CCCCC3)ccc2C(=O)N(C)C2CCCCC2)cc1Nc1c(C)cc(C)c(-c2nnc3cc(C(C)(C)C)[nH]n23)c1C. The first-order valence-electron chi connectivity index (χ1n) is 21.1. The summed E-state index contributed by atoms with van der Waals surface area (Å²) in [5.74, 6) is 0.485. The molecule has 12 nitrogen and oxygen atoms in total. The fraction of sp³-hybridized carbons (Fsp3) is 0.478. The number of carbonyl (C=O) groups excluding carboxylic acids is 2. The van der Waals surface area contributed by atoms with E-state index in [-0.39, 0.29) is 40.6 Å². The highest BCUT2D eigenvalue weighted by atomic mass is 32.2. The normalized spacial score (nSPS) is 15.9. The van der Waals surface area contributed by atoms with Gasteiger partial charge in [0.15, 0.2) is 17.2 Å². The van der Waals surface area contributed by atoms with Gasteiger partial charge in [-0.25, -0.2) is 4.52 Å². The number of amides is 2. The van der Waals surface area contributed by atoms with Crippen LogP contribution < -0.4 is 14.2 Å². The van der Waals surface area contributed by atoms with Gasteiger partial charge in [-0.05, 0) is 106 Å². The molecule has 0 bridgehead atoms. The van der Waals surface area contributed by atoms with E-state index in [0.717, 1.165) is 108 Å². The van der Waals surface area contributed by atoms with Crippen molar-refractivity contribution >= 4 is 45.8 Å². The topological polar surface area (TPSA) is 137 Å². The van der Waals surface area contributed by atoms with Crippen LogP contribution in [0.1, 0.15) is 134 Å². The molecular weight excluding hydrogens is 761 g/mol. The third-order valence-corrected chi connectivity index (χ3v) is 13.1. The predicted octanol–water partition coefficient (Wildman–Crippen LogP) is 9.88. The smallest absolute Gasteiger partial charge is 0.316 e. The highest BCUT2D eigenvalue weighted by Crippen LogP contribution is 2.37. The summed E-state index contributed by atoms with van der Waals surface area (Å²) in [5.41, 5.74) is 9.88. The Kier molecular flexibility index (Phi) is 12.2. The molecule has 13 heteroatoms. The van der Waals surface area contributed by atoms with Crippen molar-refractivity contribution in [2.24, 2.45) is 0 Å². The molecule has 7 rings (SSSR count). The van der Waals surface area contributed by atoms with Crippen LogP contribution in [0.5, 0.6) is 5.75 Å². The Morgan fingerprint density at radius 3 is 2.08 bits per heavy atom. The van der Waals surface area contributed by atoms with E-state index in [0.29, 0.717) is 11.3 Å². The minimum atomic E-state index is -2.11. The molecule has 2 saturated carbocycles. The molecule has 2 aliphatic rings. The number of hydrogen-bond acceptors (Lipinski definition) is 7. The van der Waals surface area contributed by atoms with E-state index in [1.165, 1.54) is 12.8 Å². The van der Waals surface area contributed by atoms with Crippen molar-refractivity contribution < 1.29 is 18.0 Å². The van der Waals surface area contributed by atoms with E-state index < -0.39 is 11.3 Å². The number of nitrogens with one attached hydrogen (secondary N) is 3. The molecular formula is C46H60N8O4S. The molecule has 1 unspecified atom stereocenters. The van der Waals surface area contributed by atoms with Crippen molar-refractivity contribution in [1.82, 2.24) is 29.6 Å². The molecule has 2 fully saturated rings. The summed E-state index contributed by atoms with van der Waals surface area (Å²) in [6, 6.07) is 15.1. The number of hydrogen-bond donors (Lipinski definition) is 3. The molecule has 0 radical (unpaired) electrons. The second-order valence-electron chi connectivity index (χ2n) is 17.7. The van der Waals surface area contributed by atoms with Crippen LogP contribution in [0.15, 0.2) is 48.5 Å². The first-order valence-corrected chi connectivity index (χ1v) is 22.2. The minimum absolute atomic E-state index is 0.0768. The second kappa shape index (κ2) is 17.2. The monoisotopic (exact) mass is 820 g/mol. The lowest BCUT2D eigenvalue weighted by Gasteiger charge is -2.32. The molecule has 3 N–H and O–H groups in total. The average molecular weight is 821 g/mol. The summed E-state index contributed by atoms with van der Waals surface area (Å²) in [6.45, 7) is 14.8. The Balaban J connectivity index is 1.14. The third-order valence-electron chi connectivity index (χ3n) is 12.4. The molecule has 59 heavy (non-hydrogen) atoms. The van der Waals surface area contributed by atoms with Gasteiger partial charge in [0, 0.05) is 65.9 Å². The number of H-pyrrole nitrogens is 1. The molecule has 0 aliphatic heterocycles. The summed E-state index contributed by atoms with van der Waals surface area (Å²) >= 11 is -2.11. The van der Waals surface area contributed by atoms with Gasteiger partial charge in [-0.3, -0.25) is 19.4 Å². The van der Waals surface area contributed by atoms with Crippen LogP contribution in [0.25, 0.3) is 17.0 Å². The summed E-state index contributed by atoms with van der Waals surface area (Å²) in [5, 5.41) is 16.3. The number of rotatable bonds is 11. The Bertz CT molecular complexity index is 2380. The fourth-order valence-corrected chi connectivity index (χ4v) is 9.43. The molecule has 2 amide bonds. The van der Waals surface area contributed by atoms with Crippen LogP contribution in [-0.4, -0.2) is 71.8 Å². The average Bonchev–Trinajstić information content (AvgIpc) is 3.83. The summed E-state index contributed by atoms with van der Waals surface area (Å²) in [4.78, 5) is 31.4. The maximum absolute atomic E-state index is 14.0. The highest BCUT2D eigenvalue weighted by Gasteiger charge is 2.29. The Morgan fingerprint density at radius 1 is 0.797 bits per heavy atom. The van der Waals surface area contributed by atoms with E-state index in [1.54, 1.807) is 28.0 Å². The van der Waals surface area contributed by atoms with Crippen LogP contribution in [0, 0.1) is 27.7 Å². The molecule has 3 aromatic carbocycles. The van der Waals surface area contributed by atoms with Crippen LogP contribution in [0.3, 0.4) is 0 Å². The molecule has 314 valence electrons. The van der Waals surface area contributed by atoms with Crippen LogP contribution in [0.4, 0.5) is 17.1 Å². The lowest BCUT2D eigenvalue weighted by Crippen LogP contribution is -2.39. The summed E-state index contributed by atoms with van der Waals surface area (Å²) in [6.07, 6.45) is 10.5. The van der Waals surface area contributed by atoms with Crippen molar-refractivity contribution in [3.05, 3.63) is 87.6 Å². The zero-order valence-electron chi connectivity index (χ0n) is 36.1. The number of carbonyl (C=O) groups is 2. The van der Waals surface area contributed by atoms with Crippen molar-refractivity contribution in [2.45, 2.75) is 130 Å². The number of aryl methyl sites for hydroxylation is 3.